The summed E-state index contributed by atoms with van der Waals surface area (Å²) in [5.41, 5.74) is 1.08. The molecule has 0 heterocycles. The van der Waals surface area contributed by atoms with Gasteiger partial charge >= 0.3 is 5.97 Å². The number of halogens is 1. The van der Waals surface area contributed by atoms with E-state index in [-0.39, 0.29) is 5.92 Å². The maximum Gasteiger partial charge on any atom is 0.306 e. The molecule has 1 aromatic carbocycles. The van der Waals surface area contributed by atoms with Crippen LogP contribution in [0.3, 0.4) is 0 Å². The number of benzene rings is 1. The predicted molar refractivity (Wildman–Crippen MR) is 67.6 cm³/mol. The normalized spacial score (nSPS) is 10.9. The molecule has 0 saturated heterocycles. The van der Waals surface area contributed by atoms with Crippen molar-refractivity contribution in [3.63, 3.8) is 0 Å². The fourth-order valence-electron chi connectivity index (χ4n) is 1.05. The maximum atomic E-state index is 10.5. The van der Waals surface area contributed by atoms with Crippen molar-refractivity contribution in [2.24, 2.45) is 5.92 Å². The second kappa shape index (κ2) is 7.94. The molecule has 0 amide bonds. The van der Waals surface area contributed by atoms with E-state index in [0.29, 0.717) is 11.5 Å². The number of carbonyl (C=O) groups is 1. The van der Waals surface area contributed by atoms with Gasteiger partial charge in [-0.25, -0.2) is 0 Å². The van der Waals surface area contributed by atoms with Crippen LogP contribution in [0.15, 0.2) is 41.9 Å². The van der Waals surface area contributed by atoms with Gasteiger partial charge in [0.05, 0.1) is 5.92 Å². The van der Waals surface area contributed by atoms with Crippen LogP contribution >= 0.6 is 11.6 Å². The van der Waals surface area contributed by atoms with Crippen LogP contribution in [0, 0.1) is 5.92 Å². The van der Waals surface area contributed by atoms with Crippen LogP contribution < -0.4 is 0 Å². The van der Waals surface area contributed by atoms with Crippen molar-refractivity contribution in [3.05, 3.63) is 47.5 Å². The summed E-state index contributed by atoms with van der Waals surface area (Å²) in [5.74, 6) is -1.04. The summed E-state index contributed by atoms with van der Waals surface area (Å²) in [6.07, 6.45) is 0.607. The van der Waals surface area contributed by atoms with Crippen LogP contribution in [-0.2, 0) is 11.2 Å². The van der Waals surface area contributed by atoms with E-state index in [0.717, 1.165) is 5.56 Å². The van der Waals surface area contributed by atoms with E-state index in [4.69, 9.17) is 16.7 Å². The third-order valence-corrected chi connectivity index (χ3v) is 1.81. The average Bonchev–Trinajstić information content (AvgIpc) is 2.18. The molecule has 1 rings (SSSR count). The zero-order chi connectivity index (χ0) is 12.6. The monoisotopic (exact) mass is 240 g/mol. The second-order valence-corrected chi connectivity index (χ2v) is 4.25. The molecule has 0 saturated carbocycles. The molecule has 0 aliphatic heterocycles. The predicted octanol–water partition coefficient (Wildman–Crippen LogP) is 3.71. The molecule has 0 aromatic heterocycles. The van der Waals surface area contributed by atoms with E-state index in [1.165, 1.54) is 0 Å². The third kappa shape index (κ3) is 8.06. The minimum Gasteiger partial charge on any atom is -0.481 e. The minimum atomic E-state index is -0.737. The van der Waals surface area contributed by atoms with Gasteiger partial charge in [0.25, 0.3) is 0 Å². The summed E-state index contributed by atoms with van der Waals surface area (Å²) in [6, 6.07) is 9.65. The molecule has 0 bridgehead atoms. The Hall–Kier alpha value is -1.28. The number of hydrogen-bond donors (Lipinski definition) is 1. The van der Waals surface area contributed by atoms with E-state index in [1.54, 1.807) is 13.8 Å². The molecule has 0 aliphatic carbocycles. The Bertz CT molecular complexity index is 329. The van der Waals surface area contributed by atoms with Crippen LogP contribution in [-0.4, -0.2) is 11.1 Å². The smallest absolute Gasteiger partial charge is 0.306 e. The largest absolute Gasteiger partial charge is 0.481 e. The third-order valence-electron chi connectivity index (χ3n) is 1.81. The van der Waals surface area contributed by atoms with Crippen LogP contribution in [0.4, 0.5) is 0 Å². The fourth-order valence-corrected chi connectivity index (χ4v) is 1.05. The minimum absolute atomic E-state index is 0.299. The van der Waals surface area contributed by atoms with Gasteiger partial charge in [-0.05, 0) is 18.9 Å². The first-order chi connectivity index (χ1) is 7.43. The fraction of sp³-hybridized carbons (Fsp3) is 0.308. The van der Waals surface area contributed by atoms with E-state index in [2.05, 4.69) is 6.58 Å². The number of rotatable bonds is 3. The molecule has 16 heavy (non-hydrogen) atoms. The Morgan fingerprint density at radius 3 is 2.25 bits per heavy atom. The molecule has 1 N–H and O–H groups in total. The first-order valence-electron chi connectivity index (χ1n) is 5.01. The molecular formula is C13H17ClO2. The van der Waals surface area contributed by atoms with Crippen LogP contribution in [0.5, 0.6) is 0 Å². The molecule has 0 spiro atoms. The number of hydrogen-bond acceptors (Lipinski definition) is 1. The summed E-state index contributed by atoms with van der Waals surface area (Å²) in [5, 5.41) is 9.28. The quantitative estimate of drug-likeness (QED) is 0.875. The molecule has 1 unspecified atom stereocenters. The molecular weight excluding hydrogens is 224 g/mol. The van der Waals surface area contributed by atoms with Gasteiger partial charge in [-0.3, -0.25) is 4.79 Å². The molecule has 3 heteroatoms. The van der Waals surface area contributed by atoms with Crippen molar-refractivity contribution < 1.29 is 9.90 Å². The van der Waals surface area contributed by atoms with E-state index >= 15 is 0 Å². The van der Waals surface area contributed by atoms with E-state index in [1.807, 2.05) is 30.3 Å². The molecule has 2 nitrogen and oxygen atoms in total. The Labute approximate surface area is 102 Å². The average molecular weight is 241 g/mol. The van der Waals surface area contributed by atoms with Gasteiger partial charge in [0.15, 0.2) is 0 Å². The molecule has 0 radical (unpaired) electrons. The molecule has 88 valence electrons. The van der Waals surface area contributed by atoms with Crippen molar-refractivity contribution in [1.82, 2.24) is 0 Å². The maximum absolute atomic E-state index is 10.5. The van der Waals surface area contributed by atoms with Crippen molar-refractivity contribution >= 4 is 17.6 Å². The Morgan fingerprint density at radius 2 is 1.88 bits per heavy atom. The zero-order valence-corrected chi connectivity index (χ0v) is 10.4. The first kappa shape index (κ1) is 14.7. The lowest BCUT2D eigenvalue weighted by atomic mass is 10.0. The molecule has 1 atom stereocenters. The van der Waals surface area contributed by atoms with Gasteiger partial charge in [-0.2, -0.15) is 0 Å². The van der Waals surface area contributed by atoms with Gasteiger partial charge in [-0.1, -0.05) is 55.4 Å². The highest BCUT2D eigenvalue weighted by Gasteiger charge is 2.10. The van der Waals surface area contributed by atoms with E-state index in [9.17, 15) is 4.79 Å². The van der Waals surface area contributed by atoms with Gasteiger partial charge in [0, 0.05) is 5.03 Å². The number of allylic oxidation sites excluding steroid dienone is 1. The van der Waals surface area contributed by atoms with Gasteiger partial charge in [0.1, 0.15) is 0 Å². The van der Waals surface area contributed by atoms with Gasteiger partial charge < -0.3 is 5.11 Å². The topological polar surface area (TPSA) is 37.3 Å². The van der Waals surface area contributed by atoms with Crippen LogP contribution in [0.2, 0.25) is 0 Å². The Kier molecular flexibility index (Phi) is 7.31. The summed E-state index contributed by atoms with van der Waals surface area (Å²) < 4.78 is 0. The second-order valence-electron chi connectivity index (χ2n) is 3.61. The SMILES string of the molecule is C=C(C)Cl.CC(Cc1ccccc1)C(=O)O. The molecule has 0 fully saturated rings. The number of carboxylic acid groups (broad SMARTS) is 1. The summed E-state index contributed by atoms with van der Waals surface area (Å²) in [4.78, 5) is 10.5. The van der Waals surface area contributed by atoms with Gasteiger partial charge in [0.2, 0.25) is 0 Å². The Morgan fingerprint density at radius 1 is 1.44 bits per heavy atom. The first-order valence-corrected chi connectivity index (χ1v) is 5.39. The standard InChI is InChI=1S/C10H12O2.C3H5Cl/c1-8(10(11)12)7-9-5-3-2-4-6-9;1-3(2)4/h2-6,8H,7H2,1H3,(H,11,12);1H2,2H3. The lowest BCUT2D eigenvalue weighted by Gasteiger charge is -2.04. The Balaban J connectivity index is 0.000000487. The lowest BCUT2D eigenvalue weighted by Crippen LogP contribution is -2.11. The van der Waals surface area contributed by atoms with Crippen LogP contribution in [0.1, 0.15) is 19.4 Å². The summed E-state index contributed by atoms with van der Waals surface area (Å²) in [7, 11) is 0. The van der Waals surface area contributed by atoms with Crippen molar-refractivity contribution in [2.75, 3.05) is 0 Å². The number of carboxylic acids is 1. The molecule has 1 aromatic rings. The highest BCUT2D eigenvalue weighted by molar-refractivity contribution is 6.28. The lowest BCUT2D eigenvalue weighted by molar-refractivity contribution is -0.141. The summed E-state index contributed by atoms with van der Waals surface area (Å²) in [6.45, 7) is 6.78. The van der Waals surface area contributed by atoms with Crippen molar-refractivity contribution in [1.29, 1.82) is 0 Å². The van der Waals surface area contributed by atoms with Crippen molar-refractivity contribution in [2.45, 2.75) is 20.3 Å². The highest BCUT2D eigenvalue weighted by Crippen LogP contribution is 2.07. The van der Waals surface area contributed by atoms with Crippen molar-refractivity contribution in [3.8, 4) is 0 Å². The molecule has 0 aliphatic rings. The van der Waals surface area contributed by atoms with Gasteiger partial charge in [-0.15, -0.1) is 0 Å². The highest BCUT2D eigenvalue weighted by atomic mass is 35.5. The summed E-state index contributed by atoms with van der Waals surface area (Å²) >= 11 is 5.08. The van der Waals surface area contributed by atoms with E-state index < -0.39 is 5.97 Å². The zero-order valence-electron chi connectivity index (χ0n) is 9.61. The van der Waals surface area contributed by atoms with Crippen LogP contribution in [0.25, 0.3) is 0 Å². The number of aliphatic carboxylic acids is 1.